The number of hydrogen-bond donors (Lipinski definition) is 0. The summed E-state index contributed by atoms with van der Waals surface area (Å²) in [6.07, 6.45) is 0. The summed E-state index contributed by atoms with van der Waals surface area (Å²) >= 11 is 3.63. The summed E-state index contributed by atoms with van der Waals surface area (Å²) in [5.74, 6) is 1.37. The zero-order valence-corrected chi connectivity index (χ0v) is 19.3. The van der Waals surface area contributed by atoms with Crippen molar-refractivity contribution in [2.45, 2.75) is 6.92 Å². The third-order valence-corrected chi connectivity index (χ3v) is 5.51. The van der Waals surface area contributed by atoms with Gasteiger partial charge in [-0.05, 0) is 30.7 Å². The molecule has 3 rings (SSSR count). The third kappa shape index (κ3) is 3.43. The molecule has 0 aliphatic rings. The van der Waals surface area contributed by atoms with E-state index in [-0.39, 0.29) is 5.56 Å². The van der Waals surface area contributed by atoms with E-state index in [1.54, 1.807) is 27.4 Å². The second-order valence-corrected chi connectivity index (χ2v) is 7.37. The first kappa shape index (κ1) is 21.8. The Labute approximate surface area is 183 Å². The summed E-state index contributed by atoms with van der Waals surface area (Å²) in [5, 5.41) is 1.34. The molecule has 0 aliphatic carbocycles. The van der Waals surface area contributed by atoms with Crippen LogP contribution in [0.1, 0.15) is 15.9 Å². The van der Waals surface area contributed by atoms with E-state index in [2.05, 4.69) is 15.9 Å². The molecule has 0 heterocycles. The van der Waals surface area contributed by atoms with Gasteiger partial charge in [-0.25, -0.2) is 4.79 Å². The maximum Gasteiger partial charge on any atom is 0.342 e. The van der Waals surface area contributed by atoms with Gasteiger partial charge < -0.3 is 23.7 Å². The van der Waals surface area contributed by atoms with E-state index in [0.29, 0.717) is 39.5 Å². The molecule has 158 valence electrons. The van der Waals surface area contributed by atoms with Crippen LogP contribution in [-0.2, 0) is 4.74 Å². The molecule has 0 bridgehead atoms. The number of esters is 1. The normalized spacial score (nSPS) is 10.6. The van der Waals surface area contributed by atoms with Gasteiger partial charge >= 0.3 is 5.97 Å². The van der Waals surface area contributed by atoms with Gasteiger partial charge in [-0.3, -0.25) is 0 Å². The second kappa shape index (κ2) is 8.83. The van der Waals surface area contributed by atoms with Gasteiger partial charge in [0.1, 0.15) is 28.6 Å². The highest BCUT2D eigenvalue weighted by Gasteiger charge is 2.31. The van der Waals surface area contributed by atoms with Crippen LogP contribution in [0.3, 0.4) is 0 Å². The second-order valence-electron chi connectivity index (χ2n) is 6.51. The van der Waals surface area contributed by atoms with E-state index >= 15 is 0 Å². The van der Waals surface area contributed by atoms with Gasteiger partial charge in [0.05, 0.1) is 40.9 Å². The van der Waals surface area contributed by atoms with E-state index in [1.807, 2.05) is 31.2 Å². The van der Waals surface area contributed by atoms with Crippen LogP contribution in [0.4, 0.5) is 0 Å². The number of carbonyl (C=O) groups is 1. The van der Waals surface area contributed by atoms with E-state index in [9.17, 15) is 4.79 Å². The van der Waals surface area contributed by atoms with Crippen LogP contribution < -0.4 is 18.9 Å². The van der Waals surface area contributed by atoms with Crippen molar-refractivity contribution < 1.29 is 28.5 Å². The number of rotatable bonds is 6. The predicted octanol–water partition coefficient (Wildman–Crippen LogP) is 5.40. The lowest BCUT2D eigenvalue weighted by Crippen LogP contribution is -2.10. The minimum Gasteiger partial charge on any atom is -0.496 e. The topological polar surface area (TPSA) is 63.2 Å². The van der Waals surface area contributed by atoms with E-state index < -0.39 is 5.97 Å². The number of carbonyl (C=O) groups excluding carboxylic acids is 1. The average Bonchev–Trinajstić information content (AvgIpc) is 2.75. The van der Waals surface area contributed by atoms with E-state index in [0.717, 1.165) is 15.4 Å². The van der Waals surface area contributed by atoms with Gasteiger partial charge in [0.25, 0.3) is 0 Å². The van der Waals surface area contributed by atoms with Crippen LogP contribution in [0, 0.1) is 6.92 Å². The Morgan fingerprint density at radius 2 is 1.50 bits per heavy atom. The fourth-order valence-electron chi connectivity index (χ4n) is 3.68. The van der Waals surface area contributed by atoms with Crippen LogP contribution in [0.15, 0.2) is 34.8 Å². The van der Waals surface area contributed by atoms with Crippen molar-refractivity contribution in [3.8, 4) is 34.1 Å². The lowest BCUT2D eigenvalue weighted by Gasteiger charge is -2.23. The van der Waals surface area contributed by atoms with Crippen molar-refractivity contribution in [3.63, 3.8) is 0 Å². The number of halogens is 1. The maximum absolute atomic E-state index is 13.0. The van der Waals surface area contributed by atoms with Crippen LogP contribution in [0.5, 0.6) is 23.0 Å². The molecule has 0 amide bonds. The Morgan fingerprint density at radius 1 is 0.833 bits per heavy atom. The summed E-state index contributed by atoms with van der Waals surface area (Å²) in [4.78, 5) is 13.0. The van der Waals surface area contributed by atoms with Crippen LogP contribution in [0.25, 0.3) is 21.9 Å². The summed E-state index contributed by atoms with van der Waals surface area (Å²) in [6.45, 7) is 1.96. The van der Waals surface area contributed by atoms with E-state index in [1.165, 1.54) is 14.2 Å². The molecule has 6 nitrogen and oxygen atoms in total. The molecule has 3 aromatic rings. The van der Waals surface area contributed by atoms with Gasteiger partial charge in [0, 0.05) is 21.0 Å². The number of aryl methyl sites for hydroxylation is 1. The van der Waals surface area contributed by atoms with Gasteiger partial charge in [-0.1, -0.05) is 28.1 Å². The molecule has 0 radical (unpaired) electrons. The third-order valence-electron chi connectivity index (χ3n) is 4.89. The minimum absolute atomic E-state index is 0.219. The quantitative estimate of drug-likeness (QED) is 0.445. The Kier molecular flexibility index (Phi) is 6.41. The lowest BCUT2D eigenvalue weighted by atomic mass is 9.91. The molecule has 0 N–H and O–H groups in total. The largest absolute Gasteiger partial charge is 0.496 e. The zero-order valence-electron chi connectivity index (χ0n) is 17.7. The number of ether oxygens (including phenoxy) is 5. The highest BCUT2D eigenvalue weighted by molar-refractivity contribution is 9.10. The summed E-state index contributed by atoms with van der Waals surface area (Å²) in [7, 11) is 7.53. The molecule has 0 aliphatic heterocycles. The molecule has 0 unspecified atom stereocenters. The van der Waals surface area contributed by atoms with Gasteiger partial charge in [0.15, 0.2) is 0 Å². The average molecular weight is 475 g/mol. The molecule has 0 fully saturated rings. The summed E-state index contributed by atoms with van der Waals surface area (Å²) < 4.78 is 28.6. The summed E-state index contributed by atoms with van der Waals surface area (Å²) in [6, 6.07) is 9.38. The first-order valence-corrected chi connectivity index (χ1v) is 9.90. The van der Waals surface area contributed by atoms with Crippen LogP contribution in [-0.4, -0.2) is 41.5 Å². The standard InChI is InChI=1S/C23H23BrO6/c1-12-10-14(24)18(16(11-12)27-3)19-20(23(25)30-6)22(29-5)17-13(21(19)28-4)8-7-9-15(17)26-2/h7-11H,1-6H3. The molecule has 0 atom stereocenters. The molecule has 0 saturated carbocycles. The van der Waals surface area contributed by atoms with Crippen molar-refractivity contribution in [1.29, 1.82) is 0 Å². The molecular weight excluding hydrogens is 452 g/mol. The van der Waals surface area contributed by atoms with Crippen LogP contribution >= 0.6 is 15.9 Å². The number of methoxy groups -OCH3 is 5. The van der Waals surface area contributed by atoms with Crippen LogP contribution in [0.2, 0.25) is 0 Å². The summed E-state index contributed by atoms with van der Waals surface area (Å²) in [5.41, 5.74) is 2.38. The SMILES string of the molecule is COC(=O)c1c(-c2c(Br)cc(C)cc2OC)c(OC)c2cccc(OC)c2c1OC. The van der Waals surface area contributed by atoms with Crippen molar-refractivity contribution in [2.24, 2.45) is 0 Å². The number of benzene rings is 3. The molecule has 7 heteroatoms. The Bertz CT molecular complexity index is 1120. The van der Waals surface area contributed by atoms with Gasteiger partial charge in [0.2, 0.25) is 0 Å². The zero-order chi connectivity index (χ0) is 22.0. The van der Waals surface area contributed by atoms with Crippen molar-refractivity contribution in [2.75, 3.05) is 35.5 Å². The van der Waals surface area contributed by atoms with E-state index in [4.69, 9.17) is 23.7 Å². The molecule has 0 saturated heterocycles. The highest BCUT2D eigenvalue weighted by atomic mass is 79.9. The molecule has 0 spiro atoms. The van der Waals surface area contributed by atoms with Crippen molar-refractivity contribution in [3.05, 3.63) is 45.9 Å². The van der Waals surface area contributed by atoms with Gasteiger partial charge in [-0.15, -0.1) is 0 Å². The Hall–Kier alpha value is -2.93. The first-order valence-electron chi connectivity index (χ1n) is 9.10. The fraction of sp³-hybridized carbons (Fsp3) is 0.261. The van der Waals surface area contributed by atoms with Crippen molar-refractivity contribution >= 4 is 32.7 Å². The van der Waals surface area contributed by atoms with Gasteiger partial charge in [-0.2, -0.15) is 0 Å². The fourth-order valence-corrected chi connectivity index (χ4v) is 4.43. The molecule has 3 aromatic carbocycles. The highest BCUT2D eigenvalue weighted by Crippen LogP contribution is 2.52. The first-order chi connectivity index (χ1) is 14.4. The minimum atomic E-state index is -0.567. The number of hydrogen-bond acceptors (Lipinski definition) is 6. The lowest BCUT2D eigenvalue weighted by molar-refractivity contribution is 0.0598. The Morgan fingerprint density at radius 3 is 2.07 bits per heavy atom. The molecular formula is C23H23BrO6. The molecule has 0 aromatic heterocycles. The monoisotopic (exact) mass is 474 g/mol. The van der Waals surface area contributed by atoms with Crippen molar-refractivity contribution in [1.82, 2.24) is 0 Å². The Balaban J connectivity index is 2.66. The predicted molar refractivity (Wildman–Crippen MR) is 119 cm³/mol. The maximum atomic E-state index is 13.0. The smallest absolute Gasteiger partial charge is 0.342 e. The number of fused-ring (bicyclic) bond motifs is 1. The molecule has 30 heavy (non-hydrogen) atoms.